The lowest BCUT2D eigenvalue weighted by molar-refractivity contribution is -0.385. The summed E-state index contributed by atoms with van der Waals surface area (Å²) >= 11 is 0. The lowest BCUT2D eigenvalue weighted by atomic mass is 9.83. The fourth-order valence-corrected chi connectivity index (χ4v) is 2.29. The Bertz CT molecular complexity index is 435. The minimum Gasteiger partial charge on any atom is -0.317 e. The molecule has 2 unspecified atom stereocenters. The van der Waals surface area contributed by atoms with Crippen LogP contribution in [0.5, 0.6) is 0 Å². The van der Waals surface area contributed by atoms with E-state index in [1.54, 1.807) is 0 Å². The second-order valence-electron chi connectivity index (χ2n) is 4.81. The van der Waals surface area contributed by atoms with Gasteiger partial charge in [-0.25, -0.2) is 4.39 Å². The molecule has 0 amide bonds. The van der Waals surface area contributed by atoms with Gasteiger partial charge in [0.2, 0.25) is 0 Å². The number of nitrogens with zero attached hydrogens (tertiary/aromatic N) is 1. The van der Waals surface area contributed by atoms with Crippen LogP contribution in [0.4, 0.5) is 10.1 Å². The van der Waals surface area contributed by atoms with Gasteiger partial charge in [-0.1, -0.05) is 13.8 Å². The Balaban J connectivity index is 3.17. The Morgan fingerprint density at radius 3 is 2.33 bits per heavy atom. The van der Waals surface area contributed by atoms with Gasteiger partial charge in [0.05, 0.1) is 11.0 Å². The van der Waals surface area contributed by atoms with Crippen LogP contribution in [-0.2, 0) is 0 Å². The largest absolute Gasteiger partial charge is 0.317 e. The maximum absolute atomic E-state index is 14.0. The number of nitro benzene ring substituents is 1. The summed E-state index contributed by atoms with van der Waals surface area (Å²) in [6.45, 7) is 6.00. The Labute approximate surface area is 106 Å². The van der Waals surface area contributed by atoms with Gasteiger partial charge < -0.3 is 5.32 Å². The van der Waals surface area contributed by atoms with E-state index in [-0.39, 0.29) is 23.6 Å². The van der Waals surface area contributed by atoms with Crippen LogP contribution in [0.3, 0.4) is 0 Å². The first-order valence-corrected chi connectivity index (χ1v) is 5.99. The maximum Gasteiger partial charge on any atom is 0.272 e. The van der Waals surface area contributed by atoms with Crippen LogP contribution in [0.1, 0.15) is 32.3 Å². The normalized spacial score (nSPS) is 14.6. The van der Waals surface area contributed by atoms with E-state index in [4.69, 9.17) is 0 Å². The highest BCUT2D eigenvalue weighted by Crippen LogP contribution is 2.31. The van der Waals surface area contributed by atoms with Gasteiger partial charge in [0.15, 0.2) is 0 Å². The summed E-state index contributed by atoms with van der Waals surface area (Å²) in [6.07, 6.45) is 0. The van der Waals surface area contributed by atoms with E-state index in [1.807, 2.05) is 27.8 Å². The third kappa shape index (κ3) is 3.04. The first-order chi connectivity index (χ1) is 8.38. The van der Waals surface area contributed by atoms with Crippen molar-refractivity contribution < 1.29 is 9.31 Å². The van der Waals surface area contributed by atoms with E-state index in [1.165, 1.54) is 12.1 Å². The molecule has 1 rings (SSSR count). The van der Waals surface area contributed by atoms with Gasteiger partial charge in [-0.2, -0.15) is 0 Å². The fourth-order valence-electron chi connectivity index (χ4n) is 2.29. The molecular formula is C13H19FN2O2. The summed E-state index contributed by atoms with van der Waals surface area (Å²) in [7, 11) is 1.82. The molecule has 5 heteroatoms. The Morgan fingerprint density at radius 1 is 1.33 bits per heavy atom. The smallest absolute Gasteiger partial charge is 0.272 e. The average molecular weight is 254 g/mol. The summed E-state index contributed by atoms with van der Waals surface area (Å²) in [5.41, 5.74) is 0.313. The Kier molecular flexibility index (Phi) is 4.78. The van der Waals surface area contributed by atoms with Crippen molar-refractivity contribution in [1.29, 1.82) is 0 Å². The van der Waals surface area contributed by atoms with Gasteiger partial charge >= 0.3 is 0 Å². The predicted molar refractivity (Wildman–Crippen MR) is 69.2 cm³/mol. The molecule has 1 aromatic carbocycles. The zero-order valence-electron chi connectivity index (χ0n) is 11.1. The van der Waals surface area contributed by atoms with E-state index in [0.29, 0.717) is 5.56 Å². The molecule has 0 aliphatic heterocycles. The average Bonchev–Trinajstić information content (AvgIpc) is 2.30. The molecule has 0 spiro atoms. The number of benzene rings is 1. The molecular weight excluding hydrogens is 235 g/mol. The standard InChI is InChI=1S/C13H19FN2O2/c1-8(2)13(9(3)15-4)11-6-5-10(16(17)18)7-12(11)14/h5-9,13,15H,1-4H3. The number of likely N-dealkylation sites (N-methyl/N-ethyl adjacent to an activating group) is 1. The number of hydrogen-bond donors (Lipinski definition) is 1. The van der Waals surface area contributed by atoms with Crippen LogP contribution in [0.2, 0.25) is 0 Å². The number of rotatable bonds is 5. The van der Waals surface area contributed by atoms with Gasteiger partial charge in [-0.15, -0.1) is 0 Å². The molecule has 1 aromatic rings. The zero-order chi connectivity index (χ0) is 13.9. The molecule has 2 atom stereocenters. The van der Waals surface area contributed by atoms with Crippen LogP contribution in [0, 0.1) is 21.8 Å². The van der Waals surface area contributed by atoms with Gasteiger partial charge in [0, 0.05) is 18.0 Å². The molecule has 0 bridgehead atoms. The number of hydrogen-bond acceptors (Lipinski definition) is 3. The van der Waals surface area contributed by atoms with Crippen molar-refractivity contribution in [2.24, 2.45) is 5.92 Å². The fraction of sp³-hybridized carbons (Fsp3) is 0.538. The summed E-state index contributed by atoms with van der Waals surface area (Å²) < 4.78 is 14.0. The number of nitrogens with one attached hydrogen (secondary N) is 1. The number of nitro groups is 1. The van der Waals surface area contributed by atoms with Crippen molar-refractivity contribution in [2.75, 3.05) is 7.05 Å². The third-order valence-corrected chi connectivity index (χ3v) is 3.27. The van der Waals surface area contributed by atoms with Crippen LogP contribution in [0.15, 0.2) is 18.2 Å². The topological polar surface area (TPSA) is 55.2 Å². The first-order valence-electron chi connectivity index (χ1n) is 5.99. The monoisotopic (exact) mass is 254 g/mol. The minimum atomic E-state index is -0.585. The SMILES string of the molecule is CNC(C)C(c1ccc([N+](=O)[O-])cc1F)C(C)C. The lowest BCUT2D eigenvalue weighted by Gasteiger charge is -2.28. The molecule has 100 valence electrons. The quantitative estimate of drug-likeness (QED) is 0.649. The summed E-state index contributed by atoms with van der Waals surface area (Å²) in [6, 6.07) is 3.97. The third-order valence-electron chi connectivity index (χ3n) is 3.27. The van der Waals surface area contributed by atoms with Gasteiger partial charge in [-0.05, 0) is 31.5 Å². The first kappa shape index (κ1) is 14.6. The summed E-state index contributed by atoms with van der Waals surface area (Å²) in [4.78, 5) is 10.0. The van der Waals surface area contributed by atoms with Gasteiger partial charge in [0.25, 0.3) is 5.69 Å². The number of halogens is 1. The maximum atomic E-state index is 14.0. The van der Waals surface area contributed by atoms with Crippen molar-refractivity contribution in [2.45, 2.75) is 32.7 Å². The molecule has 0 heterocycles. The molecule has 0 aliphatic carbocycles. The molecule has 4 nitrogen and oxygen atoms in total. The number of non-ortho nitro benzene ring substituents is 1. The molecule has 0 aromatic heterocycles. The van der Waals surface area contributed by atoms with Crippen LogP contribution in [-0.4, -0.2) is 18.0 Å². The highest BCUT2D eigenvalue weighted by molar-refractivity contribution is 5.36. The van der Waals surface area contributed by atoms with Crippen LogP contribution < -0.4 is 5.32 Å². The van der Waals surface area contributed by atoms with Gasteiger partial charge in [-0.3, -0.25) is 10.1 Å². The molecule has 0 fully saturated rings. The van der Waals surface area contributed by atoms with E-state index >= 15 is 0 Å². The van der Waals surface area contributed by atoms with E-state index in [0.717, 1.165) is 6.07 Å². The highest BCUT2D eigenvalue weighted by Gasteiger charge is 2.25. The molecule has 18 heavy (non-hydrogen) atoms. The zero-order valence-corrected chi connectivity index (χ0v) is 11.1. The second-order valence-corrected chi connectivity index (χ2v) is 4.81. The van der Waals surface area contributed by atoms with Crippen molar-refractivity contribution in [3.8, 4) is 0 Å². The molecule has 0 saturated carbocycles. The molecule has 0 radical (unpaired) electrons. The summed E-state index contributed by atoms with van der Waals surface area (Å²) in [5.74, 6) is -0.288. The Hall–Kier alpha value is -1.49. The minimum absolute atomic E-state index is 0.0178. The molecule has 0 aliphatic rings. The van der Waals surface area contributed by atoms with Crippen LogP contribution >= 0.6 is 0 Å². The summed E-state index contributed by atoms with van der Waals surface area (Å²) in [5, 5.41) is 13.7. The van der Waals surface area contributed by atoms with Crippen LogP contribution in [0.25, 0.3) is 0 Å². The van der Waals surface area contributed by atoms with E-state index in [2.05, 4.69) is 5.32 Å². The highest BCUT2D eigenvalue weighted by atomic mass is 19.1. The lowest BCUT2D eigenvalue weighted by Crippen LogP contribution is -2.32. The van der Waals surface area contributed by atoms with Crippen molar-refractivity contribution in [3.05, 3.63) is 39.7 Å². The van der Waals surface area contributed by atoms with E-state index < -0.39 is 10.7 Å². The van der Waals surface area contributed by atoms with Crippen molar-refractivity contribution in [3.63, 3.8) is 0 Å². The van der Waals surface area contributed by atoms with Gasteiger partial charge in [0.1, 0.15) is 5.82 Å². The van der Waals surface area contributed by atoms with Crippen molar-refractivity contribution in [1.82, 2.24) is 5.32 Å². The van der Waals surface area contributed by atoms with E-state index in [9.17, 15) is 14.5 Å². The molecule has 0 saturated heterocycles. The molecule has 1 N–H and O–H groups in total. The second kappa shape index (κ2) is 5.91. The Morgan fingerprint density at radius 2 is 1.94 bits per heavy atom. The van der Waals surface area contributed by atoms with Crippen molar-refractivity contribution >= 4 is 5.69 Å². The predicted octanol–water partition coefficient (Wildman–Crippen LogP) is 3.08.